The Balaban J connectivity index is 2.58. The van der Waals surface area contributed by atoms with Crippen LogP contribution in [0.2, 0.25) is 10.0 Å². The number of hydrogen-bond acceptors (Lipinski definition) is 3. The largest absolute Gasteiger partial charge is 0.476 e. The molecule has 92 valence electrons. The normalized spacial score (nSPS) is 10.3. The van der Waals surface area contributed by atoms with E-state index in [1.807, 2.05) is 0 Å². The number of carboxylic acids is 1. The highest BCUT2D eigenvalue weighted by atomic mass is 35.5. The molecule has 0 atom stereocenters. The molecular weight excluding hydrogens is 279 g/mol. The van der Waals surface area contributed by atoms with Crippen molar-refractivity contribution in [2.75, 3.05) is 0 Å². The third kappa shape index (κ3) is 2.23. The van der Waals surface area contributed by atoms with E-state index in [0.717, 1.165) is 0 Å². The summed E-state index contributed by atoms with van der Waals surface area (Å²) >= 11 is 11.7. The van der Waals surface area contributed by atoms with Gasteiger partial charge in [-0.3, -0.25) is 4.79 Å². The second-order valence-electron chi connectivity index (χ2n) is 3.40. The minimum atomic E-state index is -1.28. The summed E-state index contributed by atoms with van der Waals surface area (Å²) in [6, 6.07) is 4.67. The molecule has 1 aromatic heterocycles. The van der Waals surface area contributed by atoms with Crippen LogP contribution in [0.1, 0.15) is 20.8 Å². The van der Waals surface area contributed by atoms with Crippen LogP contribution in [0.15, 0.2) is 24.4 Å². The molecule has 1 heterocycles. The lowest BCUT2D eigenvalue weighted by Crippen LogP contribution is -2.02. The molecule has 0 fully saturated rings. The number of aldehydes is 1. The van der Waals surface area contributed by atoms with Gasteiger partial charge in [-0.15, -0.1) is 0 Å². The van der Waals surface area contributed by atoms with E-state index in [9.17, 15) is 9.59 Å². The zero-order chi connectivity index (χ0) is 13.3. The number of rotatable bonds is 3. The van der Waals surface area contributed by atoms with Crippen LogP contribution >= 0.6 is 23.2 Å². The molecule has 1 N–H and O–H groups in total. The van der Waals surface area contributed by atoms with Crippen molar-refractivity contribution in [1.82, 2.24) is 9.78 Å². The van der Waals surface area contributed by atoms with Crippen LogP contribution in [0.4, 0.5) is 0 Å². The number of aromatic carboxylic acids is 1. The van der Waals surface area contributed by atoms with E-state index in [1.54, 1.807) is 12.1 Å². The summed E-state index contributed by atoms with van der Waals surface area (Å²) in [6.45, 7) is 0. The Morgan fingerprint density at radius 1 is 1.39 bits per heavy atom. The van der Waals surface area contributed by atoms with E-state index < -0.39 is 5.97 Å². The summed E-state index contributed by atoms with van der Waals surface area (Å²) in [5, 5.41) is 13.4. The van der Waals surface area contributed by atoms with Gasteiger partial charge < -0.3 is 5.11 Å². The number of carboxylic acid groups (broad SMARTS) is 1. The Kier molecular flexibility index (Phi) is 3.36. The number of benzene rings is 1. The minimum Gasteiger partial charge on any atom is -0.476 e. The molecule has 7 heteroatoms. The molecule has 2 aromatic rings. The highest BCUT2D eigenvalue weighted by Gasteiger charge is 2.16. The van der Waals surface area contributed by atoms with Crippen LogP contribution in [-0.4, -0.2) is 27.1 Å². The minimum absolute atomic E-state index is 0.0199. The predicted molar refractivity (Wildman–Crippen MR) is 65.9 cm³/mol. The lowest BCUT2D eigenvalue weighted by molar-refractivity contribution is 0.0687. The molecule has 2 rings (SSSR count). The van der Waals surface area contributed by atoms with Crippen molar-refractivity contribution in [3.63, 3.8) is 0 Å². The third-order valence-electron chi connectivity index (χ3n) is 2.23. The van der Waals surface area contributed by atoms with Crippen molar-refractivity contribution in [3.05, 3.63) is 45.7 Å². The molecule has 5 nitrogen and oxygen atoms in total. The maximum atomic E-state index is 10.9. The van der Waals surface area contributed by atoms with Gasteiger partial charge in [0, 0.05) is 11.2 Å². The fraction of sp³-hybridized carbons (Fsp3) is 0. The second kappa shape index (κ2) is 4.80. The highest BCUT2D eigenvalue weighted by Crippen LogP contribution is 2.24. The van der Waals surface area contributed by atoms with Crippen LogP contribution in [0, 0.1) is 0 Å². The van der Waals surface area contributed by atoms with E-state index in [2.05, 4.69) is 5.10 Å². The van der Waals surface area contributed by atoms with Crippen LogP contribution in [0.25, 0.3) is 5.69 Å². The lowest BCUT2D eigenvalue weighted by Gasteiger charge is -2.03. The molecule has 0 spiro atoms. The maximum Gasteiger partial charge on any atom is 0.357 e. The summed E-state index contributed by atoms with van der Waals surface area (Å²) in [5.74, 6) is -1.28. The summed E-state index contributed by atoms with van der Waals surface area (Å²) in [4.78, 5) is 21.6. The summed E-state index contributed by atoms with van der Waals surface area (Å²) in [7, 11) is 0. The van der Waals surface area contributed by atoms with E-state index >= 15 is 0 Å². The first-order chi connectivity index (χ1) is 8.52. The fourth-order valence-corrected chi connectivity index (χ4v) is 1.93. The van der Waals surface area contributed by atoms with E-state index in [-0.39, 0.29) is 11.3 Å². The smallest absolute Gasteiger partial charge is 0.357 e. The van der Waals surface area contributed by atoms with Gasteiger partial charge in [-0.25, -0.2) is 9.48 Å². The van der Waals surface area contributed by atoms with Gasteiger partial charge in [-0.1, -0.05) is 23.2 Å². The Bertz CT molecular complexity index is 637. The zero-order valence-corrected chi connectivity index (χ0v) is 10.3. The topological polar surface area (TPSA) is 72.2 Å². The molecule has 0 aliphatic rings. The summed E-state index contributed by atoms with van der Waals surface area (Å²) in [5.41, 5.74) is 0.0983. The molecule has 18 heavy (non-hydrogen) atoms. The Morgan fingerprint density at radius 3 is 2.61 bits per heavy atom. The van der Waals surface area contributed by atoms with Crippen molar-refractivity contribution >= 4 is 35.5 Å². The highest BCUT2D eigenvalue weighted by molar-refractivity contribution is 6.35. The van der Waals surface area contributed by atoms with Crippen LogP contribution in [-0.2, 0) is 0 Å². The number of halogens is 2. The fourth-order valence-electron chi connectivity index (χ4n) is 1.43. The molecule has 0 saturated heterocycles. The molecule has 0 saturated carbocycles. The summed E-state index contributed by atoms with van der Waals surface area (Å²) < 4.78 is 1.23. The van der Waals surface area contributed by atoms with Crippen molar-refractivity contribution in [2.24, 2.45) is 0 Å². The molecule has 1 aromatic carbocycles. The molecule has 0 aliphatic heterocycles. The molecule has 0 radical (unpaired) electrons. The molecule has 0 amide bonds. The zero-order valence-electron chi connectivity index (χ0n) is 8.80. The number of carbonyl (C=O) groups is 2. The van der Waals surface area contributed by atoms with Crippen molar-refractivity contribution in [3.8, 4) is 5.69 Å². The van der Waals surface area contributed by atoms with Gasteiger partial charge in [0.2, 0.25) is 0 Å². The van der Waals surface area contributed by atoms with Gasteiger partial charge >= 0.3 is 5.97 Å². The van der Waals surface area contributed by atoms with Gasteiger partial charge in [-0.2, -0.15) is 5.10 Å². The number of nitrogens with zero attached hydrogens (tertiary/aromatic N) is 2. The standard InChI is InChI=1S/C11H6Cl2N2O3/c12-7-1-2-9(8(13)3-7)15-4-6(5-16)10(14-15)11(17)18/h1-5H,(H,17,18). The first-order valence-corrected chi connectivity index (χ1v) is 5.52. The van der Waals surface area contributed by atoms with Crippen LogP contribution < -0.4 is 0 Å². The second-order valence-corrected chi connectivity index (χ2v) is 4.24. The van der Waals surface area contributed by atoms with Gasteiger partial charge in [-0.05, 0) is 18.2 Å². The summed E-state index contributed by atoms with van der Waals surface area (Å²) in [6.07, 6.45) is 1.72. The van der Waals surface area contributed by atoms with Gasteiger partial charge in [0.25, 0.3) is 0 Å². The third-order valence-corrected chi connectivity index (χ3v) is 2.77. The predicted octanol–water partition coefficient (Wildman–Crippen LogP) is 2.69. The molecule has 0 unspecified atom stereocenters. The Labute approximate surface area is 112 Å². The number of carbonyl (C=O) groups excluding carboxylic acids is 1. The number of hydrogen-bond donors (Lipinski definition) is 1. The number of aromatic nitrogens is 2. The quantitative estimate of drug-likeness (QED) is 0.880. The van der Waals surface area contributed by atoms with Gasteiger partial charge in [0.05, 0.1) is 16.3 Å². The molecular formula is C11H6Cl2N2O3. The average molecular weight is 285 g/mol. The van der Waals surface area contributed by atoms with E-state index in [1.165, 1.54) is 16.9 Å². The first kappa shape index (κ1) is 12.6. The SMILES string of the molecule is O=Cc1cn(-c2ccc(Cl)cc2Cl)nc1C(=O)O. The van der Waals surface area contributed by atoms with Crippen LogP contribution in [0.5, 0.6) is 0 Å². The Morgan fingerprint density at radius 2 is 2.11 bits per heavy atom. The maximum absolute atomic E-state index is 10.9. The molecule has 0 bridgehead atoms. The Hall–Kier alpha value is -1.85. The van der Waals surface area contributed by atoms with Crippen LogP contribution in [0.3, 0.4) is 0 Å². The van der Waals surface area contributed by atoms with Gasteiger partial charge in [0.15, 0.2) is 12.0 Å². The lowest BCUT2D eigenvalue weighted by atomic mass is 10.3. The molecule has 0 aliphatic carbocycles. The van der Waals surface area contributed by atoms with Crippen molar-refractivity contribution in [1.29, 1.82) is 0 Å². The van der Waals surface area contributed by atoms with Gasteiger partial charge in [0.1, 0.15) is 0 Å². The van der Waals surface area contributed by atoms with Crippen molar-refractivity contribution < 1.29 is 14.7 Å². The monoisotopic (exact) mass is 284 g/mol. The average Bonchev–Trinajstić information content (AvgIpc) is 2.73. The van der Waals surface area contributed by atoms with E-state index in [0.29, 0.717) is 22.0 Å². The van der Waals surface area contributed by atoms with E-state index in [4.69, 9.17) is 28.3 Å². The van der Waals surface area contributed by atoms with Crippen molar-refractivity contribution in [2.45, 2.75) is 0 Å². The first-order valence-electron chi connectivity index (χ1n) is 4.76.